The highest BCUT2D eigenvalue weighted by Crippen LogP contribution is 2.42. The zero-order valence-electron chi connectivity index (χ0n) is 11.4. The zero-order chi connectivity index (χ0) is 13.4. The molecule has 0 aromatic heterocycles. The van der Waals surface area contributed by atoms with Crippen LogP contribution in [0.25, 0.3) is 0 Å². The topological polar surface area (TPSA) is 57.0 Å². The number of rotatable bonds is 3. The van der Waals surface area contributed by atoms with E-state index in [4.69, 9.17) is 19.9 Å². The van der Waals surface area contributed by atoms with Crippen molar-refractivity contribution in [1.82, 2.24) is 4.90 Å². The van der Waals surface area contributed by atoms with Crippen molar-refractivity contribution < 1.29 is 14.2 Å². The highest BCUT2D eigenvalue weighted by Gasteiger charge is 2.27. The number of hydrogen-bond donors (Lipinski definition) is 1. The van der Waals surface area contributed by atoms with Gasteiger partial charge in [-0.1, -0.05) is 6.92 Å². The summed E-state index contributed by atoms with van der Waals surface area (Å²) in [4.78, 5) is 2.37. The summed E-state index contributed by atoms with van der Waals surface area (Å²) in [7, 11) is 1.65. The molecule has 3 rings (SSSR count). The number of hydrogen-bond acceptors (Lipinski definition) is 5. The van der Waals surface area contributed by atoms with E-state index in [1.807, 2.05) is 12.1 Å². The van der Waals surface area contributed by atoms with Crippen LogP contribution in [0.4, 0.5) is 0 Å². The van der Waals surface area contributed by atoms with Gasteiger partial charge < -0.3 is 19.9 Å². The molecule has 2 N–H and O–H groups in total. The number of benzene rings is 1. The summed E-state index contributed by atoms with van der Waals surface area (Å²) >= 11 is 0. The maximum absolute atomic E-state index is 6.06. The zero-order valence-corrected chi connectivity index (χ0v) is 11.4. The van der Waals surface area contributed by atoms with Crippen molar-refractivity contribution >= 4 is 0 Å². The average Bonchev–Trinajstić information content (AvgIpc) is 2.96. The summed E-state index contributed by atoms with van der Waals surface area (Å²) in [6, 6.07) is 4.32. The Balaban J connectivity index is 1.78. The fraction of sp³-hybridized carbons (Fsp3) is 0.571. The Morgan fingerprint density at radius 1 is 1.37 bits per heavy atom. The van der Waals surface area contributed by atoms with Gasteiger partial charge in [-0.05, 0) is 23.6 Å². The van der Waals surface area contributed by atoms with E-state index < -0.39 is 0 Å². The largest absolute Gasteiger partial charge is 0.493 e. The van der Waals surface area contributed by atoms with Crippen LogP contribution in [-0.2, 0) is 6.54 Å². The molecule has 1 fully saturated rings. The number of likely N-dealkylation sites (tertiary alicyclic amines) is 1. The molecule has 19 heavy (non-hydrogen) atoms. The van der Waals surface area contributed by atoms with Crippen molar-refractivity contribution in [3.8, 4) is 17.2 Å². The molecule has 5 heteroatoms. The lowest BCUT2D eigenvalue weighted by molar-refractivity contribution is 0.171. The van der Waals surface area contributed by atoms with Gasteiger partial charge in [0.25, 0.3) is 0 Å². The average molecular weight is 264 g/mol. The molecular weight excluding hydrogens is 244 g/mol. The standard InChI is InChI=1S/C14H20N2O3/c1-9-5-16(7-11(9)15)6-10-3-12(17-2)14-13(4-10)18-8-19-14/h3-4,9,11H,5-8,15H2,1-2H3. The van der Waals surface area contributed by atoms with Crippen LogP contribution in [0.3, 0.4) is 0 Å². The van der Waals surface area contributed by atoms with E-state index in [1.54, 1.807) is 7.11 Å². The minimum absolute atomic E-state index is 0.265. The highest BCUT2D eigenvalue weighted by molar-refractivity contribution is 5.55. The van der Waals surface area contributed by atoms with Gasteiger partial charge in [-0.3, -0.25) is 4.90 Å². The SMILES string of the molecule is COc1cc(CN2CC(C)C(N)C2)cc2c1OCO2. The summed E-state index contributed by atoms with van der Waals surface area (Å²) in [5, 5.41) is 0. The molecule has 2 atom stereocenters. The summed E-state index contributed by atoms with van der Waals surface area (Å²) in [6.07, 6.45) is 0. The van der Waals surface area contributed by atoms with Crippen molar-refractivity contribution in [3.05, 3.63) is 17.7 Å². The molecule has 0 aliphatic carbocycles. The molecule has 1 aromatic rings. The van der Waals surface area contributed by atoms with Crippen LogP contribution >= 0.6 is 0 Å². The molecule has 2 heterocycles. The van der Waals surface area contributed by atoms with E-state index in [0.29, 0.717) is 11.7 Å². The second-order valence-electron chi connectivity index (χ2n) is 5.37. The van der Waals surface area contributed by atoms with Crippen molar-refractivity contribution in [1.29, 1.82) is 0 Å². The van der Waals surface area contributed by atoms with Crippen LogP contribution < -0.4 is 19.9 Å². The summed E-state index contributed by atoms with van der Waals surface area (Å²) in [6.45, 7) is 5.31. The predicted molar refractivity (Wildman–Crippen MR) is 71.5 cm³/mol. The van der Waals surface area contributed by atoms with Gasteiger partial charge in [-0.2, -0.15) is 0 Å². The minimum Gasteiger partial charge on any atom is -0.493 e. The first kappa shape index (κ1) is 12.6. The fourth-order valence-electron chi connectivity index (χ4n) is 2.76. The second-order valence-corrected chi connectivity index (χ2v) is 5.37. The molecule has 0 spiro atoms. The van der Waals surface area contributed by atoms with Crippen molar-refractivity contribution in [3.63, 3.8) is 0 Å². The molecule has 104 valence electrons. The van der Waals surface area contributed by atoms with E-state index in [-0.39, 0.29) is 12.8 Å². The molecule has 1 aromatic carbocycles. The molecule has 2 aliphatic heterocycles. The van der Waals surface area contributed by atoms with Gasteiger partial charge in [0.05, 0.1) is 7.11 Å². The van der Waals surface area contributed by atoms with E-state index in [2.05, 4.69) is 11.8 Å². The van der Waals surface area contributed by atoms with Crippen LogP contribution in [-0.4, -0.2) is 37.9 Å². The van der Waals surface area contributed by atoms with Gasteiger partial charge in [-0.25, -0.2) is 0 Å². The van der Waals surface area contributed by atoms with Gasteiger partial charge >= 0.3 is 0 Å². The van der Waals surface area contributed by atoms with Crippen molar-refractivity contribution in [2.75, 3.05) is 27.0 Å². The maximum Gasteiger partial charge on any atom is 0.231 e. The quantitative estimate of drug-likeness (QED) is 0.889. The molecule has 0 radical (unpaired) electrons. The maximum atomic E-state index is 6.06. The summed E-state index contributed by atoms with van der Waals surface area (Å²) in [5.74, 6) is 2.76. The van der Waals surface area contributed by atoms with Crippen molar-refractivity contribution in [2.24, 2.45) is 11.7 Å². The number of nitrogens with zero attached hydrogens (tertiary/aromatic N) is 1. The Kier molecular flexibility index (Phi) is 3.24. The van der Waals surface area contributed by atoms with E-state index in [1.165, 1.54) is 5.56 Å². The van der Waals surface area contributed by atoms with Crippen LogP contribution in [0.2, 0.25) is 0 Å². The summed E-state index contributed by atoms with van der Waals surface area (Å²) in [5.41, 5.74) is 7.23. The van der Waals surface area contributed by atoms with Gasteiger partial charge in [0.15, 0.2) is 11.5 Å². The van der Waals surface area contributed by atoms with Crippen LogP contribution in [0.15, 0.2) is 12.1 Å². The lowest BCUT2D eigenvalue weighted by Gasteiger charge is -2.16. The Hall–Kier alpha value is -1.46. The lowest BCUT2D eigenvalue weighted by Crippen LogP contribution is -2.28. The number of nitrogens with two attached hydrogens (primary N) is 1. The third-order valence-electron chi connectivity index (χ3n) is 3.87. The van der Waals surface area contributed by atoms with Crippen LogP contribution in [0, 0.1) is 5.92 Å². The van der Waals surface area contributed by atoms with Crippen molar-refractivity contribution in [2.45, 2.75) is 19.5 Å². The molecule has 1 saturated heterocycles. The third-order valence-corrected chi connectivity index (χ3v) is 3.87. The third kappa shape index (κ3) is 2.35. The number of fused-ring (bicyclic) bond motifs is 1. The minimum atomic E-state index is 0.265. The first-order valence-electron chi connectivity index (χ1n) is 6.62. The fourth-order valence-corrected chi connectivity index (χ4v) is 2.76. The molecule has 5 nitrogen and oxygen atoms in total. The van der Waals surface area contributed by atoms with E-state index in [0.717, 1.165) is 31.1 Å². The normalized spacial score (nSPS) is 25.8. The Morgan fingerprint density at radius 2 is 2.21 bits per heavy atom. The smallest absolute Gasteiger partial charge is 0.231 e. The van der Waals surface area contributed by atoms with Gasteiger partial charge in [-0.15, -0.1) is 0 Å². The first-order chi connectivity index (χ1) is 9.17. The van der Waals surface area contributed by atoms with Gasteiger partial charge in [0.1, 0.15) is 0 Å². The predicted octanol–water partition coefficient (Wildman–Crippen LogP) is 1.20. The molecule has 2 unspecified atom stereocenters. The van der Waals surface area contributed by atoms with Crippen LogP contribution in [0.1, 0.15) is 12.5 Å². The van der Waals surface area contributed by atoms with E-state index >= 15 is 0 Å². The molecule has 0 amide bonds. The summed E-state index contributed by atoms with van der Waals surface area (Å²) < 4.78 is 16.2. The van der Waals surface area contributed by atoms with Crippen LogP contribution in [0.5, 0.6) is 17.2 Å². The highest BCUT2D eigenvalue weighted by atomic mass is 16.7. The van der Waals surface area contributed by atoms with Gasteiger partial charge in [0.2, 0.25) is 12.5 Å². The van der Waals surface area contributed by atoms with Gasteiger partial charge in [0, 0.05) is 25.7 Å². The second kappa shape index (κ2) is 4.90. The lowest BCUT2D eigenvalue weighted by atomic mass is 10.1. The Labute approximate surface area is 113 Å². The van der Waals surface area contributed by atoms with E-state index in [9.17, 15) is 0 Å². The molecule has 2 aliphatic rings. The molecule has 0 bridgehead atoms. The number of ether oxygens (including phenoxy) is 3. The molecular formula is C14H20N2O3. The first-order valence-corrected chi connectivity index (χ1v) is 6.62. The monoisotopic (exact) mass is 264 g/mol. The number of methoxy groups -OCH3 is 1. The molecule has 0 saturated carbocycles. The Morgan fingerprint density at radius 3 is 2.89 bits per heavy atom. The Bertz CT molecular complexity index is 468.